The van der Waals surface area contributed by atoms with E-state index in [9.17, 15) is 4.79 Å². The Hall–Kier alpha value is -3.77. The highest BCUT2D eigenvalue weighted by atomic mass is 16.6. The molecule has 0 aliphatic carbocycles. The van der Waals surface area contributed by atoms with Crippen molar-refractivity contribution in [2.75, 3.05) is 39.9 Å². The van der Waals surface area contributed by atoms with Gasteiger partial charge in [0.15, 0.2) is 0 Å². The predicted octanol–water partition coefficient (Wildman–Crippen LogP) is 7.82. The van der Waals surface area contributed by atoms with Crippen LogP contribution in [0.1, 0.15) is 69.1 Å². The molecule has 0 aromatic heterocycles. The molecule has 0 bridgehead atoms. The van der Waals surface area contributed by atoms with Gasteiger partial charge in [-0.1, -0.05) is 62.6 Å². The van der Waals surface area contributed by atoms with E-state index in [-0.39, 0.29) is 0 Å². The van der Waals surface area contributed by atoms with Crippen LogP contribution in [0.4, 0.5) is 4.79 Å². The largest absolute Gasteiger partial charge is 0.497 e. The maximum atomic E-state index is 12.2. The summed E-state index contributed by atoms with van der Waals surface area (Å²) >= 11 is 0. The summed E-state index contributed by atoms with van der Waals surface area (Å²) < 4.78 is 16.9. The van der Waals surface area contributed by atoms with Gasteiger partial charge in [-0.15, -0.1) is 0 Å². The number of carbonyl (C=O) groups is 1. The van der Waals surface area contributed by atoms with E-state index in [4.69, 9.17) is 14.2 Å². The van der Waals surface area contributed by atoms with E-state index in [2.05, 4.69) is 48.3 Å². The standard InChI is InChI=1S/C35H44N2O4/c1-4-5-6-7-22-36-35(38)41-33-20-14-30(15-21-33)34(27(2)28-10-16-31(39-3)17-11-28)29-12-18-32(19-13-29)40-26-25-37-23-8-9-24-37/h10-21H,4-9,22-26H2,1-3H3,(H,36,38)/b34-27-. The summed E-state index contributed by atoms with van der Waals surface area (Å²) in [5.74, 6) is 2.21. The van der Waals surface area contributed by atoms with Gasteiger partial charge < -0.3 is 19.5 Å². The summed E-state index contributed by atoms with van der Waals surface area (Å²) in [5, 5.41) is 2.84. The zero-order chi connectivity index (χ0) is 28.9. The van der Waals surface area contributed by atoms with E-state index < -0.39 is 6.09 Å². The highest BCUT2D eigenvalue weighted by Gasteiger charge is 2.14. The van der Waals surface area contributed by atoms with Crippen molar-refractivity contribution in [3.63, 3.8) is 0 Å². The highest BCUT2D eigenvalue weighted by molar-refractivity contribution is 5.98. The average molecular weight is 557 g/mol. The molecule has 1 aliphatic heterocycles. The molecule has 0 spiro atoms. The lowest BCUT2D eigenvalue weighted by molar-refractivity contribution is 0.200. The Kier molecular flexibility index (Phi) is 11.7. The summed E-state index contributed by atoms with van der Waals surface area (Å²) in [7, 11) is 1.67. The molecule has 218 valence electrons. The van der Waals surface area contributed by atoms with Gasteiger partial charge in [-0.05, 0) is 104 Å². The lowest BCUT2D eigenvalue weighted by Crippen LogP contribution is -2.27. The monoisotopic (exact) mass is 556 g/mol. The Morgan fingerprint density at radius 2 is 1.37 bits per heavy atom. The molecule has 0 atom stereocenters. The normalized spacial score (nSPS) is 13.9. The molecule has 6 heteroatoms. The van der Waals surface area contributed by atoms with Crippen LogP contribution in [0, 0.1) is 0 Å². The van der Waals surface area contributed by atoms with Crippen molar-refractivity contribution in [3.8, 4) is 17.2 Å². The lowest BCUT2D eigenvalue weighted by atomic mass is 9.90. The number of hydrogen-bond donors (Lipinski definition) is 1. The molecular weight excluding hydrogens is 512 g/mol. The van der Waals surface area contributed by atoms with Crippen LogP contribution in [-0.4, -0.2) is 50.9 Å². The maximum absolute atomic E-state index is 12.2. The van der Waals surface area contributed by atoms with Gasteiger partial charge in [0.2, 0.25) is 0 Å². The maximum Gasteiger partial charge on any atom is 0.412 e. The van der Waals surface area contributed by atoms with E-state index in [0.717, 1.165) is 58.7 Å². The Morgan fingerprint density at radius 3 is 1.98 bits per heavy atom. The first kappa shape index (κ1) is 30.2. The van der Waals surface area contributed by atoms with Crippen LogP contribution >= 0.6 is 0 Å². The number of carbonyl (C=O) groups excluding carboxylic acids is 1. The molecule has 0 radical (unpaired) electrons. The van der Waals surface area contributed by atoms with Gasteiger partial charge in [-0.2, -0.15) is 0 Å². The van der Waals surface area contributed by atoms with Gasteiger partial charge in [0.05, 0.1) is 7.11 Å². The van der Waals surface area contributed by atoms with Crippen molar-refractivity contribution in [2.45, 2.75) is 52.4 Å². The van der Waals surface area contributed by atoms with E-state index in [0.29, 0.717) is 18.9 Å². The Labute approximate surface area is 245 Å². The van der Waals surface area contributed by atoms with Gasteiger partial charge in [0.1, 0.15) is 23.9 Å². The Bertz CT molecular complexity index is 1240. The predicted molar refractivity (Wildman–Crippen MR) is 167 cm³/mol. The molecule has 1 amide bonds. The van der Waals surface area contributed by atoms with E-state index >= 15 is 0 Å². The highest BCUT2D eigenvalue weighted by Crippen LogP contribution is 2.34. The average Bonchev–Trinajstić information content (AvgIpc) is 3.52. The van der Waals surface area contributed by atoms with Crippen molar-refractivity contribution in [3.05, 3.63) is 89.5 Å². The van der Waals surface area contributed by atoms with E-state index in [1.165, 1.54) is 38.8 Å². The number of methoxy groups -OCH3 is 1. The molecule has 1 aliphatic rings. The van der Waals surface area contributed by atoms with Gasteiger partial charge in [-0.3, -0.25) is 4.90 Å². The molecule has 1 saturated heterocycles. The minimum absolute atomic E-state index is 0.417. The zero-order valence-corrected chi connectivity index (χ0v) is 24.8. The summed E-state index contributed by atoms with van der Waals surface area (Å²) in [6.07, 6.45) is 6.58. The molecule has 0 unspecified atom stereocenters. The van der Waals surface area contributed by atoms with Crippen LogP contribution in [0.2, 0.25) is 0 Å². The number of nitrogens with one attached hydrogen (secondary N) is 1. The number of ether oxygens (including phenoxy) is 3. The summed E-state index contributed by atoms with van der Waals surface area (Å²) in [5.41, 5.74) is 5.46. The molecule has 3 aromatic carbocycles. The number of unbranched alkanes of at least 4 members (excludes halogenated alkanes) is 3. The van der Waals surface area contributed by atoms with E-state index in [1.54, 1.807) is 7.11 Å². The lowest BCUT2D eigenvalue weighted by Gasteiger charge is -2.17. The topological polar surface area (TPSA) is 60.0 Å². The van der Waals surface area contributed by atoms with Gasteiger partial charge >= 0.3 is 6.09 Å². The van der Waals surface area contributed by atoms with Gasteiger partial charge in [-0.25, -0.2) is 4.79 Å². The molecule has 4 rings (SSSR count). The summed E-state index contributed by atoms with van der Waals surface area (Å²) in [4.78, 5) is 14.7. The first-order valence-electron chi connectivity index (χ1n) is 14.9. The molecule has 1 heterocycles. The van der Waals surface area contributed by atoms with Crippen LogP contribution in [0.25, 0.3) is 11.1 Å². The van der Waals surface area contributed by atoms with Crippen LogP contribution in [-0.2, 0) is 0 Å². The second-order valence-electron chi connectivity index (χ2n) is 10.6. The first-order valence-corrected chi connectivity index (χ1v) is 14.9. The van der Waals surface area contributed by atoms with Crippen LogP contribution in [0.3, 0.4) is 0 Å². The van der Waals surface area contributed by atoms with Crippen LogP contribution in [0.5, 0.6) is 17.2 Å². The third-order valence-electron chi connectivity index (χ3n) is 7.57. The number of nitrogens with zero attached hydrogens (tertiary/aromatic N) is 1. The molecule has 3 aromatic rings. The molecule has 1 N–H and O–H groups in total. The van der Waals surface area contributed by atoms with Gasteiger partial charge in [0.25, 0.3) is 0 Å². The number of amides is 1. The summed E-state index contributed by atoms with van der Waals surface area (Å²) in [6, 6.07) is 24.1. The van der Waals surface area contributed by atoms with Crippen molar-refractivity contribution >= 4 is 17.2 Å². The van der Waals surface area contributed by atoms with Crippen LogP contribution in [0.15, 0.2) is 72.8 Å². The Balaban J connectivity index is 1.50. The number of allylic oxidation sites excluding steroid dienone is 1. The Morgan fingerprint density at radius 1 is 0.780 bits per heavy atom. The smallest absolute Gasteiger partial charge is 0.412 e. The van der Waals surface area contributed by atoms with Crippen molar-refractivity contribution in [1.29, 1.82) is 0 Å². The third-order valence-corrected chi connectivity index (χ3v) is 7.57. The fourth-order valence-electron chi connectivity index (χ4n) is 5.18. The minimum Gasteiger partial charge on any atom is -0.497 e. The third kappa shape index (κ3) is 9.12. The second-order valence-corrected chi connectivity index (χ2v) is 10.6. The molecule has 0 saturated carbocycles. The molecular formula is C35H44N2O4. The number of hydrogen-bond acceptors (Lipinski definition) is 5. The second kappa shape index (κ2) is 15.9. The molecule has 6 nitrogen and oxygen atoms in total. The quantitative estimate of drug-likeness (QED) is 0.162. The molecule has 41 heavy (non-hydrogen) atoms. The van der Waals surface area contributed by atoms with Crippen LogP contribution < -0.4 is 19.5 Å². The van der Waals surface area contributed by atoms with E-state index in [1.807, 2.05) is 48.5 Å². The fourth-order valence-corrected chi connectivity index (χ4v) is 5.18. The van der Waals surface area contributed by atoms with Crippen molar-refractivity contribution in [1.82, 2.24) is 10.2 Å². The first-order chi connectivity index (χ1) is 20.1. The molecule has 1 fully saturated rings. The SMILES string of the molecule is CCCCCCNC(=O)Oc1ccc(/C(=C(/C)c2ccc(OC)cc2)c2ccc(OCCN3CCCC3)cc2)cc1. The number of rotatable bonds is 14. The zero-order valence-electron chi connectivity index (χ0n) is 24.8. The minimum atomic E-state index is -0.417. The van der Waals surface area contributed by atoms with Crippen molar-refractivity contribution < 1.29 is 19.0 Å². The number of benzene rings is 3. The van der Waals surface area contributed by atoms with Gasteiger partial charge in [0, 0.05) is 13.1 Å². The fraction of sp³-hybridized carbons (Fsp3) is 0.400. The van der Waals surface area contributed by atoms with Crippen molar-refractivity contribution in [2.24, 2.45) is 0 Å². The number of likely N-dealkylation sites (tertiary alicyclic amines) is 1. The summed E-state index contributed by atoms with van der Waals surface area (Å²) in [6.45, 7) is 8.95.